The van der Waals surface area contributed by atoms with Gasteiger partial charge in [-0.05, 0) is 19.1 Å². The molecule has 0 aliphatic carbocycles. The number of hydrogen-bond donors (Lipinski definition) is 1. The molecule has 0 radical (unpaired) electrons. The van der Waals surface area contributed by atoms with Gasteiger partial charge in [0.25, 0.3) is 0 Å². The smallest absolute Gasteiger partial charge is 0.204 e. The maximum absolute atomic E-state index is 13.9. The van der Waals surface area contributed by atoms with Crippen LogP contribution in [0.1, 0.15) is 10.4 Å². The minimum absolute atomic E-state index is 0.268. The van der Waals surface area contributed by atoms with Gasteiger partial charge in [0.15, 0.2) is 0 Å². The predicted octanol–water partition coefficient (Wildman–Crippen LogP) is 3.58. The fraction of sp³-hybridized carbons (Fsp3) is 0.133. The fourth-order valence-electron chi connectivity index (χ4n) is 2.04. The monoisotopic (exact) mass is 333 g/mol. The number of nitrogens with zero attached hydrogens (tertiary/aromatic N) is 4. The number of aryl methyl sites for hydroxylation is 2. The van der Waals surface area contributed by atoms with Gasteiger partial charge in [-0.25, -0.2) is 13.8 Å². The molecular weight excluding hydrogens is 320 g/mol. The van der Waals surface area contributed by atoms with Crippen LogP contribution in [0.4, 0.5) is 13.9 Å². The molecule has 0 saturated carbocycles. The summed E-state index contributed by atoms with van der Waals surface area (Å²) in [6.45, 7) is 1.83. The van der Waals surface area contributed by atoms with Crippen LogP contribution in [0.15, 0.2) is 35.7 Å². The average Bonchev–Trinajstić information content (AvgIpc) is 3.06. The van der Waals surface area contributed by atoms with Crippen molar-refractivity contribution in [1.82, 2.24) is 14.8 Å². The van der Waals surface area contributed by atoms with E-state index in [9.17, 15) is 8.78 Å². The zero-order valence-electron chi connectivity index (χ0n) is 12.4. The van der Waals surface area contributed by atoms with Gasteiger partial charge in [0, 0.05) is 35.3 Å². The Hall–Kier alpha value is -2.61. The highest BCUT2D eigenvalue weighted by Gasteiger charge is 2.14. The number of benzene rings is 1. The van der Waals surface area contributed by atoms with Gasteiger partial charge in [-0.2, -0.15) is 10.2 Å². The predicted molar refractivity (Wildman–Crippen MR) is 86.6 cm³/mol. The summed E-state index contributed by atoms with van der Waals surface area (Å²) >= 11 is 1.35. The van der Waals surface area contributed by atoms with E-state index in [-0.39, 0.29) is 5.56 Å². The molecule has 0 unspecified atom stereocenters. The molecule has 0 aliphatic rings. The molecule has 1 N–H and O–H groups in total. The molecule has 3 rings (SSSR count). The van der Waals surface area contributed by atoms with Gasteiger partial charge in [-0.15, -0.1) is 11.3 Å². The highest BCUT2D eigenvalue weighted by atomic mass is 32.1. The Balaban J connectivity index is 1.79. The molecule has 118 valence electrons. The second kappa shape index (κ2) is 6.25. The van der Waals surface area contributed by atoms with E-state index in [1.807, 2.05) is 20.2 Å². The first-order valence-corrected chi connectivity index (χ1v) is 7.55. The van der Waals surface area contributed by atoms with Crippen LogP contribution in [0.5, 0.6) is 0 Å². The van der Waals surface area contributed by atoms with E-state index in [1.54, 1.807) is 17.1 Å². The Kier molecular flexibility index (Phi) is 4.16. The van der Waals surface area contributed by atoms with Gasteiger partial charge in [0.2, 0.25) is 5.13 Å². The molecule has 0 amide bonds. The van der Waals surface area contributed by atoms with Gasteiger partial charge >= 0.3 is 0 Å². The molecule has 5 nitrogen and oxygen atoms in total. The third-order valence-electron chi connectivity index (χ3n) is 3.08. The quantitative estimate of drug-likeness (QED) is 0.586. The number of hydrogen-bond acceptors (Lipinski definition) is 5. The molecule has 8 heteroatoms. The highest BCUT2D eigenvalue weighted by Crippen LogP contribution is 2.32. The standard InChI is InChI=1S/C15H13F2N5S/c1-9-14(12-4-3-11(16)5-13(12)17)20-15(23-9)21-18-6-10-7-19-22(2)8-10/h3-8H,1-2H3,(H,20,21)/b18-6+. The zero-order valence-corrected chi connectivity index (χ0v) is 13.2. The van der Waals surface area contributed by atoms with Crippen molar-refractivity contribution in [3.63, 3.8) is 0 Å². The van der Waals surface area contributed by atoms with E-state index in [2.05, 4.69) is 20.6 Å². The first kappa shape index (κ1) is 15.3. The zero-order chi connectivity index (χ0) is 16.4. The summed E-state index contributed by atoms with van der Waals surface area (Å²) in [4.78, 5) is 5.13. The van der Waals surface area contributed by atoms with Crippen molar-refractivity contribution in [2.45, 2.75) is 6.92 Å². The number of hydrazone groups is 1. The Bertz CT molecular complexity index is 869. The first-order valence-electron chi connectivity index (χ1n) is 6.73. The lowest BCUT2D eigenvalue weighted by atomic mass is 10.1. The summed E-state index contributed by atoms with van der Waals surface area (Å²) in [6, 6.07) is 3.45. The van der Waals surface area contributed by atoms with Gasteiger partial charge in [-0.3, -0.25) is 10.1 Å². The fourth-order valence-corrected chi connectivity index (χ4v) is 2.82. The highest BCUT2D eigenvalue weighted by molar-refractivity contribution is 7.15. The van der Waals surface area contributed by atoms with Crippen LogP contribution >= 0.6 is 11.3 Å². The Labute approximate surface area is 135 Å². The van der Waals surface area contributed by atoms with Crippen molar-refractivity contribution in [3.05, 3.63) is 52.7 Å². The molecule has 23 heavy (non-hydrogen) atoms. The van der Waals surface area contributed by atoms with Crippen molar-refractivity contribution in [1.29, 1.82) is 0 Å². The first-order chi connectivity index (χ1) is 11.0. The molecule has 3 aromatic rings. The Morgan fingerprint density at radius 3 is 2.87 bits per heavy atom. The largest absolute Gasteiger partial charge is 0.275 e. The third kappa shape index (κ3) is 3.42. The van der Waals surface area contributed by atoms with Crippen LogP contribution in [0.3, 0.4) is 0 Å². The van der Waals surface area contributed by atoms with E-state index in [1.165, 1.54) is 23.5 Å². The second-order valence-electron chi connectivity index (χ2n) is 4.87. The molecule has 2 heterocycles. The molecular formula is C15H13F2N5S. The van der Waals surface area contributed by atoms with Gasteiger partial charge < -0.3 is 0 Å². The summed E-state index contributed by atoms with van der Waals surface area (Å²) in [5.41, 5.74) is 4.40. The minimum Gasteiger partial charge on any atom is -0.275 e. The van der Waals surface area contributed by atoms with Crippen LogP contribution in [0.25, 0.3) is 11.3 Å². The van der Waals surface area contributed by atoms with E-state index < -0.39 is 11.6 Å². The van der Waals surface area contributed by atoms with Gasteiger partial charge in [-0.1, -0.05) is 0 Å². The molecule has 0 aliphatic heterocycles. The molecule has 2 aromatic heterocycles. The summed E-state index contributed by atoms with van der Waals surface area (Å²) in [5.74, 6) is -1.25. The maximum atomic E-state index is 13.9. The van der Waals surface area contributed by atoms with E-state index in [0.717, 1.165) is 16.5 Å². The number of thiazole rings is 1. The van der Waals surface area contributed by atoms with Crippen molar-refractivity contribution in [3.8, 4) is 11.3 Å². The van der Waals surface area contributed by atoms with Gasteiger partial charge in [0.05, 0.1) is 18.1 Å². The second-order valence-corrected chi connectivity index (χ2v) is 6.07. The van der Waals surface area contributed by atoms with Crippen molar-refractivity contribution < 1.29 is 8.78 Å². The third-order valence-corrected chi connectivity index (χ3v) is 3.96. The molecule has 0 bridgehead atoms. The van der Waals surface area contributed by atoms with Crippen LogP contribution in [0, 0.1) is 18.6 Å². The van der Waals surface area contributed by atoms with E-state index >= 15 is 0 Å². The summed E-state index contributed by atoms with van der Waals surface area (Å²) < 4.78 is 28.5. The minimum atomic E-state index is -0.635. The Morgan fingerprint density at radius 2 is 2.17 bits per heavy atom. The van der Waals surface area contributed by atoms with Crippen LogP contribution in [-0.4, -0.2) is 21.0 Å². The van der Waals surface area contributed by atoms with Crippen molar-refractivity contribution in [2.24, 2.45) is 12.1 Å². The van der Waals surface area contributed by atoms with E-state index in [0.29, 0.717) is 10.8 Å². The van der Waals surface area contributed by atoms with Crippen molar-refractivity contribution >= 4 is 22.7 Å². The maximum Gasteiger partial charge on any atom is 0.204 e. The summed E-state index contributed by atoms with van der Waals surface area (Å²) in [5, 5.41) is 8.63. The molecule has 0 fully saturated rings. The van der Waals surface area contributed by atoms with E-state index in [4.69, 9.17) is 0 Å². The number of rotatable bonds is 4. The molecule has 0 spiro atoms. The topological polar surface area (TPSA) is 55.1 Å². The SMILES string of the molecule is Cc1sc(N/N=C/c2cnn(C)c2)nc1-c1ccc(F)cc1F. The number of halogens is 2. The normalized spacial score (nSPS) is 11.3. The summed E-state index contributed by atoms with van der Waals surface area (Å²) in [7, 11) is 1.82. The number of anilines is 1. The molecule has 0 atom stereocenters. The van der Waals surface area contributed by atoms with Crippen LogP contribution < -0.4 is 5.43 Å². The van der Waals surface area contributed by atoms with Crippen LogP contribution in [-0.2, 0) is 7.05 Å². The molecule has 1 aromatic carbocycles. The van der Waals surface area contributed by atoms with Gasteiger partial charge in [0.1, 0.15) is 11.6 Å². The lowest BCUT2D eigenvalue weighted by Crippen LogP contribution is -1.91. The number of aromatic nitrogens is 3. The van der Waals surface area contributed by atoms with Crippen LogP contribution in [0.2, 0.25) is 0 Å². The molecule has 0 saturated heterocycles. The van der Waals surface area contributed by atoms with Crippen molar-refractivity contribution in [2.75, 3.05) is 5.43 Å². The lowest BCUT2D eigenvalue weighted by molar-refractivity contribution is 0.585. The Morgan fingerprint density at radius 1 is 1.35 bits per heavy atom. The lowest BCUT2D eigenvalue weighted by Gasteiger charge is -2.00. The summed E-state index contributed by atoms with van der Waals surface area (Å²) in [6.07, 6.45) is 5.11. The average molecular weight is 333 g/mol. The number of nitrogens with one attached hydrogen (secondary N) is 1.